The second-order valence-corrected chi connectivity index (χ2v) is 34.4. The fraction of sp³-hybridized carbons (Fsp3) is 0. The third-order valence-corrected chi connectivity index (χ3v) is 25.8. The zero-order valence-electron chi connectivity index (χ0n) is 76.1. The standard InChI is InChI=1S/C52H33N5.C46H29N5.C30H19N3/c53-34-35-20-22-40(23-21-35)43-32-46(49-45-18-10-11-19-47(45)57(48(49)33-43)44-16-8-3-9-17-44)52-55-50(41-28-24-38(25-29-41)36-12-4-1-5-13-36)54-51(56-52)42-30-26-39(27-31-42)37-14-6-2-7-15-37;47-30-31-28-40(43-39-18-10-11-19-41(39)51(42(43)29-31)38-16-8-3-9-17-38)46-49-44(36-24-20-34(21-25-36)32-12-4-1-5-13-32)48-45(50-46)37-26-22-35(23-27-37)33-14-6-2-7-15-33;31-20-21-18-25(27-16-9-15-26(32-27)22-10-3-1-4-11-22)30-24-14-7-8-17-28(24)33(29(30)19-21)23-12-5-2-6-13-23/h1-33H;1-29H;1-19H. The molecule has 6 heterocycles. The molecule has 0 bridgehead atoms. The molecule has 0 aliphatic heterocycles. The van der Waals surface area contributed by atoms with Crippen molar-refractivity contribution < 1.29 is 0 Å². The van der Waals surface area contributed by atoms with Gasteiger partial charge in [0.15, 0.2) is 34.9 Å². The molecule has 0 N–H and O–H groups in total. The minimum absolute atomic E-state index is 0.507. The lowest BCUT2D eigenvalue weighted by atomic mass is 9.97. The summed E-state index contributed by atoms with van der Waals surface area (Å²) in [6, 6.07) is 174. The number of nitriles is 3. The van der Waals surface area contributed by atoms with E-state index in [4.69, 9.17) is 34.9 Å². The fourth-order valence-corrected chi connectivity index (χ4v) is 19.1. The lowest BCUT2D eigenvalue weighted by molar-refractivity contribution is 1.08. The molecule has 0 saturated heterocycles. The van der Waals surface area contributed by atoms with E-state index in [0.717, 1.165) is 194 Å². The van der Waals surface area contributed by atoms with Gasteiger partial charge in [-0.2, -0.15) is 15.8 Å². The predicted octanol–water partition coefficient (Wildman–Crippen LogP) is 31.4. The zero-order chi connectivity index (χ0) is 94.5. The van der Waals surface area contributed by atoms with Gasteiger partial charge in [0.1, 0.15) is 0 Å². The van der Waals surface area contributed by atoms with E-state index in [0.29, 0.717) is 51.6 Å². The highest BCUT2D eigenvalue weighted by Gasteiger charge is 2.27. The minimum atomic E-state index is 0.507. The van der Waals surface area contributed by atoms with Gasteiger partial charge in [0, 0.05) is 93.9 Å². The Morgan fingerprint density at radius 2 is 0.404 bits per heavy atom. The Hall–Kier alpha value is -19.8. The third-order valence-electron chi connectivity index (χ3n) is 25.8. The number of hydrogen-bond acceptors (Lipinski definition) is 10. The van der Waals surface area contributed by atoms with Gasteiger partial charge in [0.2, 0.25) is 0 Å². The zero-order valence-corrected chi connectivity index (χ0v) is 76.1. The maximum atomic E-state index is 10.3. The maximum Gasteiger partial charge on any atom is 0.164 e. The molecule has 0 aliphatic rings. The Balaban J connectivity index is 0.000000122. The molecule has 0 saturated carbocycles. The summed E-state index contributed by atoms with van der Waals surface area (Å²) in [7, 11) is 0. The third kappa shape index (κ3) is 16.9. The number of para-hydroxylation sites is 6. The van der Waals surface area contributed by atoms with Crippen LogP contribution in [0.1, 0.15) is 16.7 Å². The molecular weight excluding hydrogens is 1720 g/mol. The number of rotatable bonds is 16. The summed E-state index contributed by atoms with van der Waals surface area (Å²) >= 11 is 0. The van der Waals surface area contributed by atoms with Crippen LogP contribution >= 0.6 is 0 Å². The Morgan fingerprint density at radius 3 is 0.745 bits per heavy atom. The van der Waals surface area contributed by atoms with Gasteiger partial charge in [-0.3, -0.25) is 0 Å². The number of benzene rings is 19. The van der Waals surface area contributed by atoms with Crippen molar-refractivity contribution in [3.8, 4) is 182 Å². The molecule has 0 unspecified atom stereocenters. The van der Waals surface area contributed by atoms with Crippen LogP contribution in [0.5, 0.6) is 0 Å². The van der Waals surface area contributed by atoms with Gasteiger partial charge in [-0.15, -0.1) is 0 Å². The second-order valence-electron chi connectivity index (χ2n) is 34.4. The van der Waals surface area contributed by atoms with Crippen LogP contribution in [0.2, 0.25) is 0 Å². The van der Waals surface area contributed by atoms with E-state index in [2.05, 4.69) is 335 Å². The smallest absolute Gasteiger partial charge is 0.164 e. The average Bonchev–Trinajstić information content (AvgIpc) is 1.58. The molecule has 13 heteroatoms. The fourth-order valence-electron chi connectivity index (χ4n) is 19.1. The predicted molar refractivity (Wildman–Crippen MR) is 572 cm³/mol. The molecule has 13 nitrogen and oxygen atoms in total. The SMILES string of the molecule is N#Cc1cc(-c2cccc(-c3ccccc3)n2)c2c3ccccc3n(-c3ccccc3)c2c1.N#Cc1cc(-c2nc(-c3ccc(-c4ccccc4)cc3)nc(-c3ccc(-c4ccccc4)cc3)n2)c2c3ccccc3n(-c3ccccc3)c2c1.N#Cc1ccc(-c2cc(-c3nc(-c4ccc(-c5ccccc5)cc4)nc(-c4ccc(-c5ccccc5)cc4)n3)c3c4ccccc4n(-c4ccccc4)c3c2)cc1. The Labute approximate surface area is 814 Å². The van der Waals surface area contributed by atoms with Crippen molar-refractivity contribution in [2.45, 2.75) is 0 Å². The Bertz CT molecular complexity index is 8900. The van der Waals surface area contributed by atoms with Crippen LogP contribution in [0, 0.1) is 34.0 Å². The van der Waals surface area contributed by atoms with E-state index >= 15 is 0 Å². The van der Waals surface area contributed by atoms with Crippen molar-refractivity contribution in [1.29, 1.82) is 15.8 Å². The van der Waals surface area contributed by atoms with Crippen molar-refractivity contribution in [1.82, 2.24) is 48.6 Å². The van der Waals surface area contributed by atoms with Gasteiger partial charge >= 0.3 is 0 Å². The van der Waals surface area contributed by atoms with Crippen molar-refractivity contribution >= 4 is 65.4 Å². The Morgan fingerprint density at radius 1 is 0.156 bits per heavy atom. The first-order chi connectivity index (χ1) is 69.8. The van der Waals surface area contributed by atoms with E-state index in [1.165, 1.54) is 0 Å². The first-order valence-electron chi connectivity index (χ1n) is 46.6. The van der Waals surface area contributed by atoms with E-state index in [1.54, 1.807) is 0 Å². The quantitative estimate of drug-likeness (QED) is 0.0905. The van der Waals surface area contributed by atoms with Crippen LogP contribution in [0.15, 0.2) is 491 Å². The highest BCUT2D eigenvalue weighted by atomic mass is 15.1. The number of fused-ring (bicyclic) bond motifs is 9. The topological polar surface area (TPSA) is 176 Å². The summed E-state index contributed by atoms with van der Waals surface area (Å²) in [5.41, 5.74) is 31.1. The number of nitrogens with zero attached hydrogens (tertiary/aromatic N) is 13. The average molecular weight is 1800 g/mol. The highest BCUT2D eigenvalue weighted by Crippen LogP contribution is 2.46. The van der Waals surface area contributed by atoms with Crippen molar-refractivity contribution in [2.24, 2.45) is 0 Å². The molecule has 19 aromatic carbocycles. The van der Waals surface area contributed by atoms with Gasteiger partial charge < -0.3 is 13.7 Å². The first-order valence-corrected chi connectivity index (χ1v) is 46.6. The lowest BCUT2D eigenvalue weighted by Crippen LogP contribution is -2.01. The van der Waals surface area contributed by atoms with E-state index in [1.807, 2.05) is 188 Å². The molecule has 0 aliphatic carbocycles. The summed E-state index contributed by atoms with van der Waals surface area (Å²) in [5, 5.41) is 36.2. The van der Waals surface area contributed by atoms with Crippen LogP contribution in [-0.2, 0) is 0 Å². The normalized spacial score (nSPS) is 11.1. The summed E-state index contributed by atoms with van der Waals surface area (Å²) in [6.45, 7) is 0. The number of hydrogen-bond donors (Lipinski definition) is 0. The van der Waals surface area contributed by atoms with E-state index < -0.39 is 0 Å². The molecule has 0 atom stereocenters. The molecule has 25 aromatic rings. The summed E-state index contributed by atoms with van der Waals surface area (Å²) in [5.74, 6) is 3.38. The van der Waals surface area contributed by atoms with Crippen molar-refractivity contribution in [3.05, 3.63) is 508 Å². The van der Waals surface area contributed by atoms with Crippen LogP contribution < -0.4 is 0 Å². The van der Waals surface area contributed by atoms with Crippen LogP contribution in [0.3, 0.4) is 0 Å². The van der Waals surface area contributed by atoms with Gasteiger partial charge in [0.25, 0.3) is 0 Å². The first kappa shape index (κ1) is 85.4. The largest absolute Gasteiger partial charge is 0.309 e. The monoisotopic (exact) mass is 1800 g/mol. The molecular formula is C128H81N13. The van der Waals surface area contributed by atoms with Gasteiger partial charge in [-0.1, -0.05) is 376 Å². The molecule has 0 radical (unpaired) electrons. The molecule has 0 amide bonds. The maximum absolute atomic E-state index is 10.3. The van der Waals surface area contributed by atoms with Gasteiger partial charge in [0.05, 0.1) is 79.4 Å². The summed E-state index contributed by atoms with van der Waals surface area (Å²) in [4.78, 5) is 36.1. The number of aromatic nitrogens is 10. The molecule has 6 aromatic heterocycles. The number of pyridine rings is 1. The van der Waals surface area contributed by atoms with Gasteiger partial charge in [-0.25, -0.2) is 34.9 Å². The van der Waals surface area contributed by atoms with E-state index in [9.17, 15) is 15.8 Å². The van der Waals surface area contributed by atoms with Crippen LogP contribution in [0.4, 0.5) is 0 Å². The van der Waals surface area contributed by atoms with Crippen molar-refractivity contribution in [2.75, 3.05) is 0 Å². The molecule has 141 heavy (non-hydrogen) atoms. The minimum Gasteiger partial charge on any atom is -0.309 e. The highest BCUT2D eigenvalue weighted by molar-refractivity contribution is 6.19. The molecule has 0 fully saturated rings. The molecule has 25 rings (SSSR count). The van der Waals surface area contributed by atoms with Crippen molar-refractivity contribution in [3.63, 3.8) is 0 Å². The van der Waals surface area contributed by atoms with Gasteiger partial charge in [-0.05, 0) is 171 Å². The summed E-state index contributed by atoms with van der Waals surface area (Å²) < 4.78 is 6.76. The summed E-state index contributed by atoms with van der Waals surface area (Å²) in [6.07, 6.45) is 0. The lowest BCUT2D eigenvalue weighted by Gasteiger charge is -2.13. The van der Waals surface area contributed by atoms with Crippen LogP contribution in [0.25, 0.3) is 229 Å². The van der Waals surface area contributed by atoms with Crippen LogP contribution in [-0.4, -0.2) is 48.6 Å². The Kier molecular flexibility index (Phi) is 23.0. The molecule has 0 spiro atoms. The molecule has 658 valence electrons. The second kappa shape index (κ2) is 37.9. The van der Waals surface area contributed by atoms with E-state index in [-0.39, 0.29) is 0 Å².